The summed E-state index contributed by atoms with van der Waals surface area (Å²) in [6, 6.07) is 14.6. The van der Waals surface area contributed by atoms with Crippen molar-refractivity contribution in [1.29, 1.82) is 0 Å². The molecule has 0 aliphatic carbocycles. The van der Waals surface area contributed by atoms with Gasteiger partial charge in [0.25, 0.3) is 5.91 Å². The highest BCUT2D eigenvalue weighted by atomic mass is 79.9. The molecular formula is C22H22BrNO4. The third-order valence-corrected chi connectivity index (χ3v) is 4.92. The van der Waals surface area contributed by atoms with Crippen molar-refractivity contribution in [2.75, 3.05) is 13.2 Å². The van der Waals surface area contributed by atoms with Crippen molar-refractivity contribution in [3.05, 3.63) is 70.2 Å². The van der Waals surface area contributed by atoms with E-state index >= 15 is 0 Å². The predicted octanol–water partition coefficient (Wildman–Crippen LogP) is 5.36. The summed E-state index contributed by atoms with van der Waals surface area (Å²) in [7, 11) is 0. The van der Waals surface area contributed by atoms with Crippen molar-refractivity contribution in [3.8, 4) is 5.75 Å². The Bertz CT molecular complexity index is 866. The number of amides is 2. The molecule has 0 bridgehead atoms. The summed E-state index contributed by atoms with van der Waals surface area (Å²) in [5, 5.41) is 0. The average molecular weight is 444 g/mol. The summed E-state index contributed by atoms with van der Waals surface area (Å²) in [4.78, 5) is 26.0. The maximum absolute atomic E-state index is 12.8. The zero-order chi connectivity index (χ0) is 19.9. The van der Waals surface area contributed by atoms with Gasteiger partial charge in [-0.25, -0.2) is 9.69 Å². The number of rotatable bonds is 7. The third kappa shape index (κ3) is 4.81. The molecule has 6 heteroatoms. The minimum atomic E-state index is -0.628. The van der Waals surface area contributed by atoms with Gasteiger partial charge in [0.05, 0.1) is 6.61 Å². The Kier molecular flexibility index (Phi) is 6.87. The van der Waals surface area contributed by atoms with Crippen molar-refractivity contribution in [2.45, 2.75) is 25.8 Å². The van der Waals surface area contributed by atoms with Crippen LogP contribution in [0.5, 0.6) is 5.75 Å². The Morgan fingerprint density at radius 2 is 2.07 bits per heavy atom. The van der Waals surface area contributed by atoms with Gasteiger partial charge in [0, 0.05) is 16.1 Å². The molecule has 0 spiro atoms. The first-order valence-electron chi connectivity index (χ1n) is 9.25. The SMILES string of the molecule is CCCCOc1ccc(Br)cc1/C=C/C(=O)N1C(=O)OC[C@H]1c1ccccc1. The summed E-state index contributed by atoms with van der Waals surface area (Å²) >= 11 is 3.44. The molecule has 0 unspecified atom stereocenters. The highest BCUT2D eigenvalue weighted by Gasteiger charge is 2.37. The van der Waals surface area contributed by atoms with Crippen molar-refractivity contribution in [1.82, 2.24) is 4.90 Å². The van der Waals surface area contributed by atoms with Gasteiger partial charge in [-0.3, -0.25) is 4.79 Å². The lowest BCUT2D eigenvalue weighted by Crippen LogP contribution is -2.32. The summed E-state index contributed by atoms with van der Waals surface area (Å²) in [6.07, 6.45) is 4.42. The molecular weight excluding hydrogens is 422 g/mol. The third-order valence-electron chi connectivity index (χ3n) is 4.43. The van der Waals surface area contributed by atoms with E-state index in [1.807, 2.05) is 48.5 Å². The number of carbonyl (C=O) groups is 2. The molecule has 5 nitrogen and oxygen atoms in total. The first-order chi connectivity index (χ1) is 13.6. The fourth-order valence-corrected chi connectivity index (χ4v) is 3.31. The highest BCUT2D eigenvalue weighted by Crippen LogP contribution is 2.29. The molecule has 2 amide bonds. The monoisotopic (exact) mass is 443 g/mol. The number of imide groups is 1. The van der Waals surface area contributed by atoms with Crippen molar-refractivity contribution >= 4 is 34.0 Å². The molecule has 1 aliphatic rings. The van der Waals surface area contributed by atoms with Crippen LogP contribution in [0.4, 0.5) is 4.79 Å². The number of carbonyl (C=O) groups excluding carboxylic acids is 2. The van der Waals surface area contributed by atoms with Gasteiger partial charge < -0.3 is 9.47 Å². The Balaban J connectivity index is 1.79. The molecule has 0 N–H and O–H groups in total. The molecule has 1 heterocycles. The van der Waals surface area contributed by atoms with E-state index in [1.165, 1.54) is 6.08 Å². The molecule has 2 aromatic rings. The van der Waals surface area contributed by atoms with Gasteiger partial charge in [-0.2, -0.15) is 0 Å². The van der Waals surface area contributed by atoms with Crippen LogP contribution in [0.25, 0.3) is 6.08 Å². The lowest BCUT2D eigenvalue weighted by Gasteiger charge is -2.18. The maximum atomic E-state index is 12.8. The summed E-state index contributed by atoms with van der Waals surface area (Å²) < 4.78 is 11.8. The number of unbranched alkanes of at least 4 members (excludes halogenated alkanes) is 1. The number of nitrogens with zero attached hydrogens (tertiary/aromatic N) is 1. The largest absolute Gasteiger partial charge is 0.493 e. The van der Waals surface area contributed by atoms with Crippen LogP contribution < -0.4 is 4.74 Å². The quantitative estimate of drug-likeness (QED) is 0.426. The van der Waals surface area contributed by atoms with Crippen molar-refractivity contribution in [2.24, 2.45) is 0 Å². The summed E-state index contributed by atoms with van der Waals surface area (Å²) in [6.45, 7) is 2.87. The fraction of sp³-hybridized carbons (Fsp3) is 0.273. The number of hydrogen-bond acceptors (Lipinski definition) is 4. The molecule has 0 saturated carbocycles. The van der Waals surface area contributed by atoms with E-state index in [4.69, 9.17) is 9.47 Å². The second-order valence-electron chi connectivity index (χ2n) is 6.43. The first-order valence-corrected chi connectivity index (χ1v) is 10.0. The minimum Gasteiger partial charge on any atom is -0.493 e. The van der Waals surface area contributed by atoms with E-state index in [0.717, 1.165) is 33.3 Å². The summed E-state index contributed by atoms with van der Waals surface area (Å²) in [5.41, 5.74) is 1.63. The van der Waals surface area contributed by atoms with Gasteiger partial charge in [0.1, 0.15) is 18.4 Å². The van der Waals surface area contributed by atoms with Gasteiger partial charge in [-0.1, -0.05) is 59.6 Å². The second kappa shape index (κ2) is 9.55. The van der Waals surface area contributed by atoms with E-state index in [-0.39, 0.29) is 6.61 Å². The van der Waals surface area contributed by atoms with Gasteiger partial charge in [-0.05, 0) is 36.3 Å². The smallest absolute Gasteiger partial charge is 0.417 e. The number of ether oxygens (including phenoxy) is 2. The molecule has 3 rings (SSSR count). The van der Waals surface area contributed by atoms with Gasteiger partial charge in [0.15, 0.2) is 0 Å². The van der Waals surface area contributed by atoms with Gasteiger partial charge >= 0.3 is 6.09 Å². The normalized spacial score (nSPS) is 16.4. The van der Waals surface area contributed by atoms with Crippen LogP contribution in [0.2, 0.25) is 0 Å². The van der Waals surface area contributed by atoms with Crippen molar-refractivity contribution < 1.29 is 19.1 Å². The minimum absolute atomic E-state index is 0.157. The standard InChI is InChI=1S/C22H22BrNO4/c1-2-3-13-27-20-11-10-18(23)14-17(20)9-12-21(25)24-19(15-28-22(24)26)16-7-5-4-6-8-16/h4-12,14,19H,2-3,13,15H2,1H3/b12-9+/t19-/m0/s1. The molecule has 0 aromatic heterocycles. The lowest BCUT2D eigenvalue weighted by molar-refractivity contribution is -0.124. The first kappa shape index (κ1) is 20.1. The molecule has 1 atom stereocenters. The molecule has 2 aromatic carbocycles. The zero-order valence-electron chi connectivity index (χ0n) is 15.6. The Labute approximate surface area is 173 Å². The van der Waals surface area contributed by atoms with Crippen LogP contribution in [0.1, 0.15) is 36.9 Å². The van der Waals surface area contributed by atoms with Crippen LogP contribution in [-0.4, -0.2) is 30.1 Å². The number of cyclic esters (lactones) is 1. The van der Waals surface area contributed by atoms with E-state index in [9.17, 15) is 9.59 Å². The molecule has 1 aliphatic heterocycles. The zero-order valence-corrected chi connectivity index (χ0v) is 17.2. The van der Waals surface area contributed by atoms with Crippen LogP contribution in [0.15, 0.2) is 59.1 Å². The highest BCUT2D eigenvalue weighted by molar-refractivity contribution is 9.10. The Morgan fingerprint density at radius 1 is 1.29 bits per heavy atom. The van der Waals surface area contributed by atoms with Crippen LogP contribution in [0, 0.1) is 0 Å². The fourth-order valence-electron chi connectivity index (χ4n) is 2.93. The molecule has 146 valence electrons. The number of halogens is 1. The Hall–Kier alpha value is -2.60. The van der Waals surface area contributed by atoms with E-state index in [2.05, 4.69) is 22.9 Å². The van der Waals surface area contributed by atoms with Crippen LogP contribution >= 0.6 is 15.9 Å². The van der Waals surface area contributed by atoms with E-state index < -0.39 is 18.0 Å². The topological polar surface area (TPSA) is 55.8 Å². The Morgan fingerprint density at radius 3 is 2.82 bits per heavy atom. The second-order valence-corrected chi connectivity index (χ2v) is 7.34. The lowest BCUT2D eigenvalue weighted by atomic mass is 10.1. The number of benzene rings is 2. The van der Waals surface area contributed by atoms with Crippen molar-refractivity contribution in [3.63, 3.8) is 0 Å². The average Bonchev–Trinajstić information content (AvgIpc) is 3.10. The van der Waals surface area contributed by atoms with Crippen LogP contribution in [-0.2, 0) is 9.53 Å². The van der Waals surface area contributed by atoms with E-state index in [0.29, 0.717) is 12.4 Å². The maximum Gasteiger partial charge on any atom is 0.417 e. The summed E-state index contributed by atoms with van der Waals surface area (Å²) in [5.74, 6) is 0.278. The number of hydrogen-bond donors (Lipinski definition) is 0. The van der Waals surface area contributed by atoms with Crippen LogP contribution in [0.3, 0.4) is 0 Å². The molecule has 28 heavy (non-hydrogen) atoms. The molecule has 1 fully saturated rings. The molecule has 1 saturated heterocycles. The van der Waals surface area contributed by atoms with Gasteiger partial charge in [0.2, 0.25) is 0 Å². The van der Waals surface area contributed by atoms with Gasteiger partial charge in [-0.15, -0.1) is 0 Å². The molecule has 0 radical (unpaired) electrons. The predicted molar refractivity (Wildman–Crippen MR) is 111 cm³/mol. The van der Waals surface area contributed by atoms with E-state index in [1.54, 1.807) is 6.08 Å².